The molecule has 1 heterocycles. The fourth-order valence-corrected chi connectivity index (χ4v) is 1.40. The third-order valence-electron chi connectivity index (χ3n) is 2.06. The van der Waals surface area contributed by atoms with Gasteiger partial charge in [-0.05, 0) is 5.56 Å². The van der Waals surface area contributed by atoms with Crippen molar-refractivity contribution in [2.75, 3.05) is 0 Å². The fourth-order valence-electron chi connectivity index (χ4n) is 1.24. The van der Waals surface area contributed by atoms with Crippen LogP contribution in [0.15, 0.2) is 34.9 Å². The first-order valence-corrected chi connectivity index (χ1v) is 4.93. The maximum absolute atomic E-state index is 10.6. The van der Waals surface area contributed by atoms with Gasteiger partial charge in [0.15, 0.2) is 11.5 Å². The van der Waals surface area contributed by atoms with Gasteiger partial charge >= 0.3 is 5.97 Å². The van der Waals surface area contributed by atoms with Crippen LogP contribution in [0.5, 0.6) is 0 Å². The summed E-state index contributed by atoms with van der Waals surface area (Å²) in [5, 5.41) is 13.7. The van der Waals surface area contributed by atoms with Crippen LogP contribution in [0.1, 0.15) is 16.1 Å². The highest BCUT2D eigenvalue weighted by Crippen LogP contribution is 2.20. The van der Waals surface area contributed by atoms with E-state index in [4.69, 9.17) is 21.8 Å². The third-order valence-corrected chi connectivity index (χ3v) is 2.33. The molecule has 2 aromatic rings. The maximum atomic E-state index is 10.6. The second-order valence-electron chi connectivity index (χ2n) is 3.12. The first kappa shape index (κ1) is 10.5. The minimum atomic E-state index is -1.11. The lowest BCUT2D eigenvalue weighted by Crippen LogP contribution is -1.94. The van der Waals surface area contributed by atoms with E-state index in [2.05, 4.69) is 5.16 Å². The Morgan fingerprint density at radius 2 is 2.06 bits per heavy atom. The summed E-state index contributed by atoms with van der Waals surface area (Å²) in [4.78, 5) is 10.6. The number of carboxylic acid groups (broad SMARTS) is 1. The molecule has 0 atom stereocenters. The van der Waals surface area contributed by atoms with Crippen LogP contribution in [0.3, 0.4) is 0 Å². The number of hydrogen-bond donors (Lipinski definition) is 1. The summed E-state index contributed by atoms with van der Waals surface area (Å²) < 4.78 is 4.92. The van der Waals surface area contributed by atoms with Crippen molar-refractivity contribution < 1.29 is 14.4 Å². The Kier molecular flexibility index (Phi) is 2.78. The van der Waals surface area contributed by atoms with Crippen LogP contribution < -0.4 is 0 Å². The molecule has 80 valence electrons. The standard InChI is InChI=1S/C11H7NO3S/c13-11(14)9-5-10(15-12-9)8-3-1-7(6-16)2-4-8/h1-6H,(H,13,14). The number of aromatic nitrogens is 1. The third kappa shape index (κ3) is 1.99. The number of rotatable bonds is 3. The molecule has 0 radical (unpaired) electrons. The van der Waals surface area contributed by atoms with Gasteiger partial charge in [0.2, 0.25) is 0 Å². The highest BCUT2D eigenvalue weighted by atomic mass is 32.1. The average molecular weight is 233 g/mol. The predicted octanol–water partition coefficient (Wildman–Crippen LogP) is 2.39. The predicted molar refractivity (Wildman–Crippen MR) is 61.7 cm³/mol. The van der Waals surface area contributed by atoms with Crippen LogP contribution >= 0.6 is 12.2 Å². The number of carboxylic acids is 1. The van der Waals surface area contributed by atoms with Crippen LogP contribution in [-0.2, 0) is 0 Å². The smallest absolute Gasteiger partial charge is 0.358 e. The van der Waals surface area contributed by atoms with Gasteiger partial charge in [0.25, 0.3) is 0 Å². The van der Waals surface area contributed by atoms with Gasteiger partial charge in [0.1, 0.15) is 0 Å². The Balaban J connectivity index is 2.35. The SMILES string of the molecule is O=C(O)c1cc(-c2ccc(C=S)cc2)on1. The molecule has 4 nitrogen and oxygen atoms in total. The van der Waals surface area contributed by atoms with Crippen LogP contribution in [0.2, 0.25) is 0 Å². The monoisotopic (exact) mass is 233 g/mol. The van der Waals surface area contributed by atoms with Crippen molar-refractivity contribution >= 4 is 23.6 Å². The van der Waals surface area contributed by atoms with E-state index < -0.39 is 5.97 Å². The molecule has 0 aliphatic heterocycles. The molecular formula is C11H7NO3S. The molecule has 0 spiro atoms. The average Bonchev–Trinajstić information content (AvgIpc) is 2.78. The van der Waals surface area contributed by atoms with Gasteiger partial charge in [-0.25, -0.2) is 4.79 Å². The fraction of sp³-hybridized carbons (Fsp3) is 0. The molecule has 5 heteroatoms. The maximum Gasteiger partial charge on any atom is 0.358 e. The lowest BCUT2D eigenvalue weighted by atomic mass is 10.1. The van der Waals surface area contributed by atoms with Crippen molar-refractivity contribution in [3.05, 3.63) is 41.6 Å². The molecule has 0 aliphatic rings. The quantitative estimate of drug-likeness (QED) is 0.824. The molecule has 0 saturated heterocycles. The van der Waals surface area contributed by atoms with E-state index in [-0.39, 0.29) is 5.69 Å². The van der Waals surface area contributed by atoms with Gasteiger partial charge in [0.05, 0.1) is 0 Å². The Hall–Kier alpha value is -2.01. The minimum Gasteiger partial charge on any atom is -0.476 e. The minimum absolute atomic E-state index is 0.103. The molecule has 0 aliphatic carbocycles. The molecule has 0 bridgehead atoms. The van der Waals surface area contributed by atoms with Gasteiger partial charge in [-0.3, -0.25) is 0 Å². The molecule has 0 fully saturated rings. The van der Waals surface area contributed by atoms with E-state index in [0.29, 0.717) is 5.76 Å². The second-order valence-corrected chi connectivity index (χ2v) is 3.36. The van der Waals surface area contributed by atoms with Crippen molar-refractivity contribution in [1.29, 1.82) is 0 Å². The summed E-state index contributed by atoms with van der Waals surface area (Å²) >= 11 is 4.78. The van der Waals surface area contributed by atoms with Crippen molar-refractivity contribution in [2.45, 2.75) is 0 Å². The van der Waals surface area contributed by atoms with Gasteiger partial charge < -0.3 is 9.63 Å². The molecule has 2 rings (SSSR count). The number of hydrogen-bond acceptors (Lipinski definition) is 4. The topological polar surface area (TPSA) is 63.3 Å². The van der Waals surface area contributed by atoms with E-state index in [1.54, 1.807) is 17.5 Å². The van der Waals surface area contributed by atoms with E-state index in [9.17, 15) is 4.79 Å². The van der Waals surface area contributed by atoms with Crippen molar-refractivity contribution in [2.24, 2.45) is 0 Å². The zero-order chi connectivity index (χ0) is 11.5. The van der Waals surface area contributed by atoms with E-state index in [1.165, 1.54) is 6.07 Å². The molecule has 1 N–H and O–H groups in total. The zero-order valence-electron chi connectivity index (χ0n) is 8.08. The largest absolute Gasteiger partial charge is 0.476 e. The van der Waals surface area contributed by atoms with E-state index in [1.807, 2.05) is 12.1 Å². The lowest BCUT2D eigenvalue weighted by molar-refractivity contribution is 0.0686. The number of benzene rings is 1. The van der Waals surface area contributed by atoms with E-state index in [0.717, 1.165) is 11.1 Å². The Morgan fingerprint density at radius 1 is 1.38 bits per heavy atom. The van der Waals surface area contributed by atoms with Crippen molar-refractivity contribution in [1.82, 2.24) is 5.16 Å². The number of carbonyl (C=O) groups is 1. The van der Waals surface area contributed by atoms with Crippen molar-refractivity contribution in [3.8, 4) is 11.3 Å². The summed E-state index contributed by atoms with van der Waals surface area (Å²) in [6, 6.07) is 8.62. The summed E-state index contributed by atoms with van der Waals surface area (Å²) in [7, 11) is 0. The van der Waals surface area contributed by atoms with Gasteiger partial charge in [-0.15, -0.1) is 0 Å². The Morgan fingerprint density at radius 3 is 2.56 bits per heavy atom. The molecule has 16 heavy (non-hydrogen) atoms. The highest BCUT2D eigenvalue weighted by molar-refractivity contribution is 7.79. The van der Waals surface area contributed by atoms with Crippen LogP contribution in [0, 0.1) is 0 Å². The molecule has 0 unspecified atom stereocenters. The summed E-state index contributed by atoms with van der Waals surface area (Å²) in [6.07, 6.45) is 0. The first-order chi connectivity index (χ1) is 7.70. The Bertz CT molecular complexity index is 530. The lowest BCUT2D eigenvalue weighted by Gasteiger charge is -1.95. The first-order valence-electron chi connectivity index (χ1n) is 4.46. The molecule has 1 aromatic carbocycles. The van der Waals surface area contributed by atoms with Crippen molar-refractivity contribution in [3.63, 3.8) is 0 Å². The van der Waals surface area contributed by atoms with Gasteiger partial charge in [-0.2, -0.15) is 0 Å². The molecule has 1 aromatic heterocycles. The van der Waals surface area contributed by atoms with E-state index >= 15 is 0 Å². The summed E-state index contributed by atoms with van der Waals surface area (Å²) in [5.74, 6) is -0.682. The number of nitrogens with zero attached hydrogens (tertiary/aromatic N) is 1. The zero-order valence-corrected chi connectivity index (χ0v) is 8.90. The van der Waals surface area contributed by atoms with Gasteiger partial charge in [0, 0.05) is 17.0 Å². The highest BCUT2D eigenvalue weighted by Gasteiger charge is 2.11. The molecule has 0 saturated carbocycles. The van der Waals surface area contributed by atoms with Crippen LogP contribution in [0.4, 0.5) is 0 Å². The van der Waals surface area contributed by atoms with Gasteiger partial charge in [-0.1, -0.05) is 41.6 Å². The second kappa shape index (κ2) is 4.24. The van der Waals surface area contributed by atoms with Crippen LogP contribution in [0.25, 0.3) is 11.3 Å². The summed E-state index contributed by atoms with van der Waals surface area (Å²) in [6.45, 7) is 0. The Labute approximate surface area is 96.5 Å². The summed E-state index contributed by atoms with van der Waals surface area (Å²) in [5.41, 5.74) is 1.58. The molecule has 0 amide bonds. The number of thiocarbonyl (C=S) groups is 1. The van der Waals surface area contributed by atoms with Crippen LogP contribution in [-0.4, -0.2) is 21.6 Å². The normalized spacial score (nSPS) is 10.0. The molecular weight excluding hydrogens is 226 g/mol. The number of aromatic carboxylic acids is 1.